The van der Waals surface area contributed by atoms with Crippen molar-refractivity contribution in [2.75, 3.05) is 0 Å². The molecule has 0 bridgehead atoms. The number of rotatable bonds is 6. The van der Waals surface area contributed by atoms with Gasteiger partial charge in [-0.15, -0.1) is 0 Å². The number of carbonyl (C=O) groups is 2. The molecule has 0 aliphatic heterocycles. The van der Waals surface area contributed by atoms with Crippen molar-refractivity contribution in [2.24, 2.45) is 17.6 Å². The van der Waals surface area contributed by atoms with E-state index in [0.29, 0.717) is 25.2 Å². The van der Waals surface area contributed by atoms with E-state index in [1.54, 1.807) is 0 Å². The van der Waals surface area contributed by atoms with Gasteiger partial charge in [0.15, 0.2) is 0 Å². The molecule has 1 aromatic rings. The maximum atomic E-state index is 12.0. The zero-order chi connectivity index (χ0) is 16.1. The van der Waals surface area contributed by atoms with Crippen LogP contribution in [0.4, 0.5) is 0 Å². The Hall–Kier alpha value is -1.68. The lowest BCUT2D eigenvalue weighted by Gasteiger charge is -2.17. The molecule has 2 rings (SSSR count). The normalized spacial score (nSPS) is 25.9. The van der Waals surface area contributed by atoms with Gasteiger partial charge in [-0.3, -0.25) is 4.79 Å². The standard InChI is InChI=1S/C18H25NO3/c1-12(2)8-17(19)18(21)22-15-9-14(11-20)16(10-15)13-6-4-3-5-7-13/h3-7,11-12,14-17H,8-10,19H2,1-2H3/t14-,15-,16-,17-/m1/s1. The molecule has 4 atom stereocenters. The summed E-state index contributed by atoms with van der Waals surface area (Å²) in [5.74, 6) is 0.0299. The first-order valence-electron chi connectivity index (χ1n) is 7.97. The van der Waals surface area contributed by atoms with Crippen molar-refractivity contribution in [3.8, 4) is 0 Å². The Morgan fingerprint density at radius 3 is 2.59 bits per heavy atom. The topological polar surface area (TPSA) is 69.4 Å². The van der Waals surface area contributed by atoms with Gasteiger partial charge in [0, 0.05) is 5.92 Å². The summed E-state index contributed by atoms with van der Waals surface area (Å²) in [5, 5.41) is 0. The minimum absolute atomic E-state index is 0.0958. The maximum Gasteiger partial charge on any atom is 0.323 e. The van der Waals surface area contributed by atoms with Gasteiger partial charge in [0.25, 0.3) is 0 Å². The molecule has 2 N–H and O–H groups in total. The van der Waals surface area contributed by atoms with Crippen LogP contribution in [0.3, 0.4) is 0 Å². The first-order valence-corrected chi connectivity index (χ1v) is 7.97. The molecule has 0 aromatic heterocycles. The molecule has 1 saturated carbocycles. The van der Waals surface area contributed by atoms with E-state index < -0.39 is 6.04 Å². The van der Waals surface area contributed by atoms with Crippen LogP contribution in [0.1, 0.15) is 44.6 Å². The number of benzene rings is 1. The number of hydrogen-bond acceptors (Lipinski definition) is 4. The fourth-order valence-electron chi connectivity index (χ4n) is 3.21. The zero-order valence-electron chi connectivity index (χ0n) is 13.3. The van der Waals surface area contributed by atoms with Crippen molar-refractivity contribution < 1.29 is 14.3 Å². The molecule has 1 fully saturated rings. The van der Waals surface area contributed by atoms with Crippen LogP contribution < -0.4 is 5.73 Å². The second-order valence-corrected chi connectivity index (χ2v) is 6.58. The van der Waals surface area contributed by atoms with E-state index in [4.69, 9.17) is 10.5 Å². The Balaban J connectivity index is 1.97. The highest BCUT2D eigenvalue weighted by Crippen LogP contribution is 2.40. The maximum absolute atomic E-state index is 12.0. The third-order valence-corrected chi connectivity index (χ3v) is 4.28. The summed E-state index contributed by atoms with van der Waals surface area (Å²) in [7, 11) is 0. The van der Waals surface area contributed by atoms with Gasteiger partial charge in [0.1, 0.15) is 18.4 Å². The SMILES string of the molecule is CC(C)C[C@@H](N)C(=O)O[C@H]1C[C@H](c2ccccc2)[C@@H](C=O)C1. The highest BCUT2D eigenvalue weighted by Gasteiger charge is 2.37. The molecule has 120 valence electrons. The molecule has 4 nitrogen and oxygen atoms in total. The van der Waals surface area contributed by atoms with E-state index in [1.807, 2.05) is 44.2 Å². The highest BCUT2D eigenvalue weighted by molar-refractivity contribution is 5.75. The smallest absolute Gasteiger partial charge is 0.323 e. The van der Waals surface area contributed by atoms with Crippen LogP contribution in [0.15, 0.2) is 30.3 Å². The van der Waals surface area contributed by atoms with Gasteiger partial charge in [-0.2, -0.15) is 0 Å². The van der Waals surface area contributed by atoms with Crippen LogP contribution in [0.2, 0.25) is 0 Å². The Morgan fingerprint density at radius 1 is 1.32 bits per heavy atom. The lowest BCUT2D eigenvalue weighted by Crippen LogP contribution is -2.35. The number of aldehydes is 1. The van der Waals surface area contributed by atoms with Gasteiger partial charge in [0.05, 0.1) is 0 Å². The third-order valence-electron chi connectivity index (χ3n) is 4.28. The van der Waals surface area contributed by atoms with E-state index in [1.165, 1.54) is 0 Å². The second kappa shape index (κ2) is 7.54. The number of carbonyl (C=O) groups excluding carboxylic acids is 2. The Morgan fingerprint density at radius 2 is 2.00 bits per heavy atom. The first-order chi connectivity index (χ1) is 10.5. The summed E-state index contributed by atoms with van der Waals surface area (Å²) in [6.07, 6.45) is 2.66. The van der Waals surface area contributed by atoms with E-state index >= 15 is 0 Å². The third kappa shape index (κ3) is 4.17. The molecular formula is C18H25NO3. The van der Waals surface area contributed by atoms with Crippen molar-refractivity contribution in [1.82, 2.24) is 0 Å². The average Bonchev–Trinajstić information content (AvgIpc) is 2.90. The van der Waals surface area contributed by atoms with E-state index in [0.717, 1.165) is 11.8 Å². The molecular weight excluding hydrogens is 278 g/mol. The van der Waals surface area contributed by atoms with Crippen molar-refractivity contribution in [1.29, 1.82) is 0 Å². The monoisotopic (exact) mass is 303 g/mol. The lowest BCUT2D eigenvalue weighted by molar-refractivity contribution is -0.151. The number of nitrogens with two attached hydrogens (primary N) is 1. The van der Waals surface area contributed by atoms with Crippen molar-refractivity contribution in [3.05, 3.63) is 35.9 Å². The quantitative estimate of drug-likeness (QED) is 0.648. The Kier molecular flexibility index (Phi) is 5.72. The minimum atomic E-state index is -0.578. The largest absolute Gasteiger partial charge is 0.461 e. The minimum Gasteiger partial charge on any atom is -0.461 e. The molecule has 22 heavy (non-hydrogen) atoms. The first kappa shape index (κ1) is 16.7. The van der Waals surface area contributed by atoms with E-state index in [2.05, 4.69) is 0 Å². The van der Waals surface area contributed by atoms with Crippen molar-refractivity contribution in [3.63, 3.8) is 0 Å². The summed E-state index contributed by atoms with van der Waals surface area (Å²) in [4.78, 5) is 23.4. The highest BCUT2D eigenvalue weighted by atomic mass is 16.5. The number of ether oxygens (including phenoxy) is 1. The van der Waals surface area contributed by atoms with Crippen molar-refractivity contribution in [2.45, 2.75) is 51.2 Å². The molecule has 1 aliphatic carbocycles. The summed E-state index contributed by atoms with van der Waals surface area (Å²) in [6.45, 7) is 4.05. The van der Waals surface area contributed by atoms with Crippen LogP contribution in [-0.2, 0) is 14.3 Å². The van der Waals surface area contributed by atoms with E-state index in [9.17, 15) is 9.59 Å². The van der Waals surface area contributed by atoms with Crippen LogP contribution >= 0.6 is 0 Å². The zero-order valence-corrected chi connectivity index (χ0v) is 13.3. The average molecular weight is 303 g/mol. The van der Waals surface area contributed by atoms with Crippen LogP contribution in [-0.4, -0.2) is 24.4 Å². The van der Waals surface area contributed by atoms with E-state index in [-0.39, 0.29) is 23.9 Å². The van der Waals surface area contributed by atoms with Gasteiger partial charge in [-0.05, 0) is 36.7 Å². The summed E-state index contributed by atoms with van der Waals surface area (Å²) < 4.78 is 5.53. The van der Waals surface area contributed by atoms with Gasteiger partial charge in [0.2, 0.25) is 0 Å². The molecule has 0 unspecified atom stereocenters. The van der Waals surface area contributed by atoms with Gasteiger partial charge < -0.3 is 15.3 Å². The molecule has 0 heterocycles. The molecule has 0 radical (unpaired) electrons. The lowest BCUT2D eigenvalue weighted by atomic mass is 9.90. The Bertz CT molecular complexity index is 500. The number of hydrogen-bond donors (Lipinski definition) is 1. The molecule has 4 heteroatoms. The molecule has 1 aliphatic rings. The van der Waals surface area contributed by atoms with Crippen LogP contribution in [0.25, 0.3) is 0 Å². The van der Waals surface area contributed by atoms with Crippen LogP contribution in [0.5, 0.6) is 0 Å². The Labute approximate surface area is 132 Å². The predicted molar refractivity (Wildman–Crippen MR) is 85.3 cm³/mol. The van der Waals surface area contributed by atoms with Gasteiger partial charge in [-0.1, -0.05) is 44.2 Å². The summed E-state index contributed by atoms with van der Waals surface area (Å²) in [6, 6.07) is 9.36. The second-order valence-electron chi connectivity index (χ2n) is 6.58. The van der Waals surface area contributed by atoms with Crippen LogP contribution in [0, 0.1) is 11.8 Å². The summed E-state index contributed by atoms with van der Waals surface area (Å²) in [5.41, 5.74) is 6.99. The van der Waals surface area contributed by atoms with Crippen molar-refractivity contribution >= 4 is 12.3 Å². The molecule has 0 amide bonds. The van der Waals surface area contributed by atoms with Gasteiger partial charge >= 0.3 is 5.97 Å². The molecule has 0 saturated heterocycles. The fourth-order valence-corrected chi connectivity index (χ4v) is 3.21. The summed E-state index contributed by atoms with van der Waals surface area (Å²) >= 11 is 0. The predicted octanol–water partition coefficient (Wildman–Crippen LogP) is 2.66. The fraction of sp³-hybridized carbons (Fsp3) is 0.556. The molecule has 0 spiro atoms. The van der Waals surface area contributed by atoms with Gasteiger partial charge in [-0.25, -0.2) is 0 Å². The number of esters is 1. The molecule has 1 aromatic carbocycles.